The maximum absolute atomic E-state index is 14.9. The summed E-state index contributed by atoms with van der Waals surface area (Å²) in [4.78, 5) is 18.6. The second kappa shape index (κ2) is 9.22. The van der Waals surface area contributed by atoms with Gasteiger partial charge in [0, 0.05) is 37.4 Å². The number of hydrogen-bond acceptors (Lipinski definition) is 4. The molecule has 3 aliphatic rings. The lowest BCUT2D eigenvalue weighted by molar-refractivity contribution is 0.0830. The van der Waals surface area contributed by atoms with Crippen molar-refractivity contribution < 1.29 is 18.3 Å². The van der Waals surface area contributed by atoms with Crippen LogP contribution in [0.15, 0.2) is 41.5 Å². The summed E-state index contributed by atoms with van der Waals surface area (Å²) >= 11 is 0. The second-order valence-corrected chi connectivity index (χ2v) is 9.58. The summed E-state index contributed by atoms with van der Waals surface area (Å²) in [7, 11) is 5.71. The van der Waals surface area contributed by atoms with E-state index in [0.717, 1.165) is 31.6 Å². The fourth-order valence-electron chi connectivity index (χ4n) is 4.55. The van der Waals surface area contributed by atoms with Crippen molar-refractivity contribution in [3.8, 4) is 5.75 Å². The summed E-state index contributed by atoms with van der Waals surface area (Å²) in [5.74, 6) is 0.0963. The monoisotopic (exact) mass is 445 g/mol. The number of nitrogens with zero attached hydrogens (tertiary/aromatic N) is 3. The highest BCUT2D eigenvalue weighted by molar-refractivity contribution is 5.95. The standard InChI is InChI=1S/C25H33F2N3O2/c1-16-11-18(16)15-32-24-8-5-17(12-22(24)27)25(31)29(4)19-6-7-23(21(26)13-19)30-10-9-20(14-30)28(2)3/h5,8,12-13,16,18,20H,6-7,9-11,14-15H2,1-4H3. The zero-order valence-corrected chi connectivity index (χ0v) is 19.4. The summed E-state index contributed by atoms with van der Waals surface area (Å²) < 4.78 is 35.0. The van der Waals surface area contributed by atoms with Crippen LogP contribution in [-0.2, 0) is 0 Å². The minimum Gasteiger partial charge on any atom is -0.490 e. The number of likely N-dealkylation sites (N-methyl/N-ethyl adjacent to an activating group) is 1. The van der Waals surface area contributed by atoms with Crippen LogP contribution in [0.3, 0.4) is 0 Å². The highest BCUT2D eigenvalue weighted by atomic mass is 19.1. The summed E-state index contributed by atoms with van der Waals surface area (Å²) in [6.45, 7) is 4.31. The van der Waals surface area contributed by atoms with E-state index in [1.165, 1.54) is 23.1 Å². The van der Waals surface area contributed by atoms with Gasteiger partial charge in [0.15, 0.2) is 11.6 Å². The third-order valence-corrected chi connectivity index (χ3v) is 7.11. The Kier molecular flexibility index (Phi) is 6.56. The predicted octanol–water partition coefficient (Wildman–Crippen LogP) is 4.43. The zero-order valence-electron chi connectivity index (χ0n) is 19.4. The molecule has 0 radical (unpaired) electrons. The maximum Gasteiger partial charge on any atom is 0.257 e. The molecule has 1 heterocycles. The minimum atomic E-state index is -0.548. The summed E-state index contributed by atoms with van der Waals surface area (Å²) in [5.41, 5.74) is 1.54. The fourth-order valence-corrected chi connectivity index (χ4v) is 4.55. The SMILES string of the molecule is CC1CC1COc1ccc(C(=O)N(C)C2=CC(F)=C(N3CCC(N(C)C)C3)CC2)cc1F. The molecule has 174 valence electrons. The Morgan fingerprint density at radius 3 is 2.56 bits per heavy atom. The number of rotatable bonds is 7. The molecule has 0 bridgehead atoms. The number of carbonyl (C=O) groups is 1. The molecule has 0 N–H and O–H groups in total. The molecule has 3 atom stereocenters. The molecule has 1 aromatic rings. The molecule has 2 aliphatic carbocycles. The van der Waals surface area contributed by atoms with E-state index in [2.05, 4.69) is 16.7 Å². The Labute approximate surface area is 189 Å². The Morgan fingerprint density at radius 1 is 1.22 bits per heavy atom. The van der Waals surface area contributed by atoms with E-state index in [1.807, 2.05) is 14.1 Å². The van der Waals surface area contributed by atoms with Crippen molar-refractivity contribution >= 4 is 5.91 Å². The second-order valence-electron chi connectivity index (χ2n) is 9.58. The lowest BCUT2D eigenvalue weighted by Gasteiger charge is -2.29. The van der Waals surface area contributed by atoms with Gasteiger partial charge in [0.05, 0.1) is 12.3 Å². The van der Waals surface area contributed by atoms with Gasteiger partial charge >= 0.3 is 0 Å². The Hall–Kier alpha value is -2.41. The molecule has 3 unspecified atom stereocenters. The smallest absolute Gasteiger partial charge is 0.257 e. The largest absolute Gasteiger partial charge is 0.490 e. The number of allylic oxidation sites excluding steroid dienone is 4. The summed E-state index contributed by atoms with van der Waals surface area (Å²) in [6.07, 6.45) is 4.69. The molecule has 1 saturated carbocycles. The molecule has 32 heavy (non-hydrogen) atoms. The van der Waals surface area contributed by atoms with Crippen LogP contribution in [0.1, 0.15) is 43.0 Å². The van der Waals surface area contributed by atoms with Crippen LogP contribution in [-0.4, -0.2) is 67.5 Å². The quantitative estimate of drug-likeness (QED) is 0.622. The number of ether oxygens (including phenoxy) is 1. The van der Waals surface area contributed by atoms with Crippen molar-refractivity contribution in [3.05, 3.63) is 52.9 Å². The number of carbonyl (C=O) groups excluding carboxylic acids is 1. The van der Waals surface area contributed by atoms with Crippen LogP contribution in [0.4, 0.5) is 8.78 Å². The Morgan fingerprint density at radius 2 is 1.97 bits per heavy atom. The van der Waals surface area contributed by atoms with E-state index in [1.54, 1.807) is 13.1 Å². The van der Waals surface area contributed by atoms with Crippen LogP contribution >= 0.6 is 0 Å². The number of halogens is 2. The van der Waals surface area contributed by atoms with Gasteiger partial charge in [-0.05, 0) is 75.9 Å². The van der Waals surface area contributed by atoms with Crippen molar-refractivity contribution in [2.45, 2.75) is 38.6 Å². The van der Waals surface area contributed by atoms with Gasteiger partial charge in [-0.15, -0.1) is 0 Å². The first kappa shape index (κ1) is 22.8. The lowest BCUT2D eigenvalue weighted by Crippen LogP contribution is -2.32. The molecule has 1 aliphatic heterocycles. The van der Waals surface area contributed by atoms with Gasteiger partial charge in [-0.25, -0.2) is 8.78 Å². The van der Waals surface area contributed by atoms with Crippen molar-refractivity contribution in [1.82, 2.24) is 14.7 Å². The molecule has 7 heteroatoms. The van der Waals surface area contributed by atoms with E-state index in [9.17, 15) is 13.6 Å². The van der Waals surface area contributed by atoms with E-state index in [4.69, 9.17) is 4.74 Å². The van der Waals surface area contributed by atoms with Gasteiger partial charge in [-0.2, -0.15) is 0 Å². The number of hydrogen-bond donors (Lipinski definition) is 0. The Balaban J connectivity index is 1.41. The first-order chi connectivity index (χ1) is 15.2. The molecular weight excluding hydrogens is 412 g/mol. The van der Waals surface area contributed by atoms with Crippen molar-refractivity contribution in [2.75, 3.05) is 40.8 Å². The third kappa shape index (κ3) is 4.82. The first-order valence-electron chi connectivity index (χ1n) is 11.5. The van der Waals surface area contributed by atoms with Crippen LogP contribution in [0.2, 0.25) is 0 Å². The predicted molar refractivity (Wildman–Crippen MR) is 120 cm³/mol. The van der Waals surface area contributed by atoms with Gasteiger partial charge in [-0.1, -0.05) is 6.92 Å². The minimum absolute atomic E-state index is 0.167. The average molecular weight is 446 g/mol. The van der Waals surface area contributed by atoms with Gasteiger partial charge in [0.2, 0.25) is 0 Å². The van der Waals surface area contributed by atoms with Gasteiger partial charge < -0.3 is 19.4 Å². The zero-order chi connectivity index (χ0) is 23.0. The van der Waals surface area contributed by atoms with Gasteiger partial charge in [-0.3, -0.25) is 4.79 Å². The molecule has 1 saturated heterocycles. The highest BCUT2D eigenvalue weighted by Gasteiger charge is 2.33. The van der Waals surface area contributed by atoms with Crippen LogP contribution in [0.5, 0.6) is 5.75 Å². The lowest BCUT2D eigenvalue weighted by atomic mass is 10.0. The van der Waals surface area contributed by atoms with E-state index < -0.39 is 5.82 Å². The topological polar surface area (TPSA) is 36.0 Å². The summed E-state index contributed by atoms with van der Waals surface area (Å²) in [6, 6.07) is 4.71. The molecule has 4 rings (SSSR count). The molecule has 1 aromatic carbocycles. The summed E-state index contributed by atoms with van der Waals surface area (Å²) in [5, 5.41) is 0. The van der Waals surface area contributed by atoms with Crippen molar-refractivity contribution in [1.29, 1.82) is 0 Å². The number of likely N-dealkylation sites (tertiary alicyclic amines) is 1. The number of benzene rings is 1. The van der Waals surface area contributed by atoms with E-state index in [0.29, 0.717) is 43.0 Å². The average Bonchev–Trinajstić information content (AvgIpc) is 3.25. The van der Waals surface area contributed by atoms with Crippen LogP contribution in [0.25, 0.3) is 0 Å². The van der Waals surface area contributed by atoms with Crippen LogP contribution < -0.4 is 4.74 Å². The third-order valence-electron chi connectivity index (χ3n) is 7.11. The highest BCUT2D eigenvalue weighted by Crippen LogP contribution is 2.38. The maximum atomic E-state index is 14.9. The van der Waals surface area contributed by atoms with Crippen molar-refractivity contribution in [3.63, 3.8) is 0 Å². The molecule has 0 aromatic heterocycles. The van der Waals surface area contributed by atoms with E-state index >= 15 is 0 Å². The fraction of sp³-hybridized carbons (Fsp3) is 0.560. The number of amides is 1. The molecule has 1 amide bonds. The molecule has 0 spiro atoms. The Bertz CT molecular complexity index is 943. The molecular formula is C25H33F2N3O2. The van der Waals surface area contributed by atoms with Gasteiger partial charge in [0.25, 0.3) is 5.91 Å². The van der Waals surface area contributed by atoms with Crippen LogP contribution in [0, 0.1) is 17.7 Å². The normalized spacial score (nSPS) is 25.3. The molecule has 5 nitrogen and oxygen atoms in total. The van der Waals surface area contributed by atoms with Crippen molar-refractivity contribution in [2.24, 2.45) is 11.8 Å². The van der Waals surface area contributed by atoms with Gasteiger partial charge in [0.1, 0.15) is 5.83 Å². The molecule has 2 fully saturated rings. The first-order valence-corrected chi connectivity index (χ1v) is 11.5. The van der Waals surface area contributed by atoms with E-state index in [-0.39, 0.29) is 23.0 Å².